The number of hydrogen-bond acceptors (Lipinski definition) is 10. The van der Waals surface area contributed by atoms with Crippen LogP contribution in [0.4, 0.5) is 9.52 Å². The summed E-state index contributed by atoms with van der Waals surface area (Å²) in [7, 11) is 1.50. The second kappa shape index (κ2) is 13.7. The molecule has 49 heavy (non-hydrogen) atoms. The summed E-state index contributed by atoms with van der Waals surface area (Å²) in [5.41, 5.74) is 3.12. The molecule has 1 N–H and O–H groups in total. The maximum absolute atomic E-state index is 14.3. The molecule has 1 aromatic heterocycles. The zero-order chi connectivity index (χ0) is 34.1. The van der Waals surface area contributed by atoms with Gasteiger partial charge in [-0.1, -0.05) is 77.7 Å². The van der Waals surface area contributed by atoms with Crippen LogP contribution in [0.3, 0.4) is 0 Å². The van der Waals surface area contributed by atoms with Crippen LogP contribution in [0.15, 0.2) is 101 Å². The average Bonchev–Trinajstić information content (AvgIpc) is 3.81. The van der Waals surface area contributed by atoms with Gasteiger partial charge in [-0.25, -0.2) is 4.39 Å². The Balaban J connectivity index is 1.27. The molecule has 9 nitrogen and oxygen atoms in total. The van der Waals surface area contributed by atoms with Gasteiger partial charge in [0.2, 0.25) is 5.13 Å². The summed E-state index contributed by atoms with van der Waals surface area (Å²) in [4.78, 5) is 28.9. The number of ether oxygens (including phenoxy) is 3. The van der Waals surface area contributed by atoms with Crippen LogP contribution in [-0.4, -0.2) is 40.2 Å². The summed E-state index contributed by atoms with van der Waals surface area (Å²) in [6.07, 6.45) is 0.629. The topological polar surface area (TPSA) is 111 Å². The highest BCUT2D eigenvalue weighted by atomic mass is 32.2. The van der Waals surface area contributed by atoms with E-state index in [1.165, 1.54) is 29.8 Å². The van der Waals surface area contributed by atoms with Crippen LogP contribution in [-0.2, 0) is 28.4 Å². The van der Waals surface area contributed by atoms with Gasteiger partial charge in [0.15, 0.2) is 15.8 Å². The van der Waals surface area contributed by atoms with Gasteiger partial charge in [-0.15, -0.1) is 10.2 Å². The first-order chi connectivity index (χ1) is 23.8. The lowest BCUT2D eigenvalue weighted by Gasteiger charge is -2.23. The first kappa shape index (κ1) is 32.4. The van der Waals surface area contributed by atoms with E-state index in [-0.39, 0.29) is 28.4 Å². The van der Waals surface area contributed by atoms with E-state index in [9.17, 15) is 19.1 Å². The van der Waals surface area contributed by atoms with Crippen LogP contribution in [0.25, 0.3) is 5.76 Å². The molecule has 1 saturated heterocycles. The minimum absolute atomic E-state index is 0.0177. The number of ketones is 1. The number of thioether (sulfide) groups is 1. The predicted molar refractivity (Wildman–Crippen MR) is 185 cm³/mol. The van der Waals surface area contributed by atoms with Crippen molar-refractivity contribution in [2.24, 2.45) is 0 Å². The van der Waals surface area contributed by atoms with Crippen molar-refractivity contribution in [3.63, 3.8) is 0 Å². The molecule has 0 spiro atoms. The number of benzene rings is 4. The van der Waals surface area contributed by atoms with Crippen molar-refractivity contribution in [1.82, 2.24) is 10.2 Å². The Morgan fingerprint density at radius 1 is 1.02 bits per heavy atom. The van der Waals surface area contributed by atoms with Gasteiger partial charge in [0.1, 0.15) is 30.0 Å². The lowest BCUT2D eigenvalue weighted by Crippen LogP contribution is -2.29. The minimum atomic E-state index is -1.07. The van der Waals surface area contributed by atoms with E-state index in [1.54, 1.807) is 54.6 Å². The lowest BCUT2D eigenvalue weighted by atomic mass is 9.94. The number of nitrogens with zero attached hydrogens (tertiary/aromatic N) is 3. The van der Waals surface area contributed by atoms with E-state index in [0.717, 1.165) is 22.5 Å². The Morgan fingerprint density at radius 2 is 1.82 bits per heavy atom. The fourth-order valence-corrected chi connectivity index (χ4v) is 7.75. The number of halogens is 1. The number of aliphatic hydroxyl groups excluding tert-OH is 1. The SMILES string of the molecule is COc1cc(C2/C(=C(\O)c3ccc4c(c3)CC(C)O4)C(=O)C(=O)N2c2nnc(SCc3ccccc3F)s2)ccc1OCc1ccccc1. The molecule has 5 aromatic rings. The summed E-state index contributed by atoms with van der Waals surface area (Å²) in [5, 5.41) is 20.4. The average molecular weight is 696 g/mol. The molecule has 2 unspecified atom stereocenters. The number of Topliss-reactive ketones (excluding diaryl/α,β-unsaturated/α-hetero) is 1. The lowest BCUT2D eigenvalue weighted by molar-refractivity contribution is -0.132. The van der Waals surface area contributed by atoms with Crippen molar-refractivity contribution in [2.45, 2.75) is 42.2 Å². The van der Waals surface area contributed by atoms with E-state index >= 15 is 0 Å². The van der Waals surface area contributed by atoms with Crippen LogP contribution in [0.2, 0.25) is 0 Å². The van der Waals surface area contributed by atoms with Gasteiger partial charge in [-0.05, 0) is 65.6 Å². The van der Waals surface area contributed by atoms with Crippen LogP contribution >= 0.6 is 23.1 Å². The van der Waals surface area contributed by atoms with E-state index in [1.807, 2.05) is 37.3 Å². The molecule has 0 bridgehead atoms. The molecule has 1 amide bonds. The Labute approximate surface area is 290 Å². The summed E-state index contributed by atoms with van der Waals surface area (Å²) in [6, 6.07) is 25.4. The highest BCUT2D eigenvalue weighted by Gasteiger charge is 2.48. The number of amides is 1. The molecule has 4 aromatic carbocycles. The summed E-state index contributed by atoms with van der Waals surface area (Å²) >= 11 is 2.36. The Kier molecular flexibility index (Phi) is 9.07. The molecule has 0 aliphatic carbocycles. The van der Waals surface area contributed by atoms with E-state index in [0.29, 0.717) is 57.1 Å². The smallest absolute Gasteiger partial charge is 0.301 e. The van der Waals surface area contributed by atoms with E-state index < -0.39 is 17.7 Å². The number of rotatable bonds is 10. The van der Waals surface area contributed by atoms with Gasteiger partial charge in [0, 0.05) is 17.7 Å². The quantitative estimate of drug-likeness (QED) is 0.0522. The van der Waals surface area contributed by atoms with Crippen LogP contribution in [0.1, 0.15) is 40.8 Å². The van der Waals surface area contributed by atoms with Gasteiger partial charge in [-0.3, -0.25) is 14.5 Å². The highest BCUT2D eigenvalue weighted by Crippen LogP contribution is 2.46. The molecule has 2 aliphatic heterocycles. The van der Waals surface area contributed by atoms with Crippen LogP contribution < -0.4 is 19.1 Å². The van der Waals surface area contributed by atoms with Gasteiger partial charge < -0.3 is 19.3 Å². The van der Waals surface area contributed by atoms with Crippen molar-refractivity contribution in [3.8, 4) is 17.2 Å². The summed E-state index contributed by atoms with van der Waals surface area (Å²) < 4.78 is 32.3. The third kappa shape index (κ3) is 6.49. The second-order valence-corrected chi connectivity index (χ2v) is 13.7. The number of methoxy groups -OCH3 is 1. The molecule has 248 valence electrons. The molecule has 3 heterocycles. The van der Waals surface area contributed by atoms with Crippen LogP contribution in [0.5, 0.6) is 17.2 Å². The maximum atomic E-state index is 14.3. The van der Waals surface area contributed by atoms with Crippen molar-refractivity contribution in [1.29, 1.82) is 0 Å². The van der Waals surface area contributed by atoms with Crippen molar-refractivity contribution in [3.05, 3.63) is 130 Å². The predicted octanol–water partition coefficient (Wildman–Crippen LogP) is 7.51. The number of aliphatic hydroxyl groups is 1. The molecule has 12 heteroatoms. The second-order valence-electron chi connectivity index (χ2n) is 11.5. The van der Waals surface area contributed by atoms with Gasteiger partial charge in [0.05, 0.1) is 18.7 Å². The van der Waals surface area contributed by atoms with Gasteiger partial charge >= 0.3 is 5.91 Å². The van der Waals surface area contributed by atoms with Gasteiger partial charge in [0.25, 0.3) is 5.78 Å². The number of carbonyl (C=O) groups is 2. The number of aromatic nitrogens is 2. The highest BCUT2D eigenvalue weighted by molar-refractivity contribution is 8.00. The standard InChI is InChI=1S/C37H30FN3O6S2/c1-21-16-26-17-24(13-14-28(26)47-21)33(42)31-32(23-12-15-29(30(18-23)45-2)46-19-22-8-4-3-5-9-22)41(35(44)34(31)43)36-39-40-37(49-36)48-20-25-10-6-7-11-27(25)38/h3-15,17-18,21,32,42H,16,19-20H2,1-2H3/b33-31+. The Morgan fingerprint density at radius 3 is 2.61 bits per heavy atom. The Bertz CT molecular complexity index is 2090. The van der Waals surface area contributed by atoms with Crippen molar-refractivity contribution < 1.29 is 33.3 Å². The van der Waals surface area contributed by atoms with Crippen molar-refractivity contribution >= 4 is 45.7 Å². The first-order valence-corrected chi connectivity index (χ1v) is 17.3. The maximum Gasteiger partial charge on any atom is 0.301 e. The number of hydrogen-bond donors (Lipinski definition) is 1. The van der Waals surface area contributed by atoms with E-state index in [4.69, 9.17) is 14.2 Å². The number of anilines is 1. The molecule has 0 radical (unpaired) electrons. The first-order valence-electron chi connectivity index (χ1n) is 15.5. The third-order valence-electron chi connectivity index (χ3n) is 8.27. The zero-order valence-electron chi connectivity index (χ0n) is 26.5. The summed E-state index contributed by atoms with van der Waals surface area (Å²) in [5.74, 6) is -0.541. The van der Waals surface area contributed by atoms with Crippen molar-refractivity contribution in [2.75, 3.05) is 12.0 Å². The van der Waals surface area contributed by atoms with E-state index in [2.05, 4.69) is 10.2 Å². The molecule has 2 atom stereocenters. The minimum Gasteiger partial charge on any atom is -0.507 e. The fourth-order valence-electron chi connectivity index (χ4n) is 5.89. The molecule has 7 rings (SSSR count). The number of carbonyl (C=O) groups excluding carboxylic acids is 2. The monoisotopic (exact) mass is 695 g/mol. The fraction of sp³-hybridized carbons (Fsp3) is 0.189. The summed E-state index contributed by atoms with van der Waals surface area (Å²) in [6.45, 7) is 2.25. The molecular formula is C37H30FN3O6S2. The molecule has 2 aliphatic rings. The Hall–Kier alpha value is -5.20. The number of fused-ring (bicyclic) bond motifs is 1. The molecule has 0 saturated carbocycles. The molecular weight excluding hydrogens is 666 g/mol. The molecule has 1 fully saturated rings. The normalized spacial score (nSPS) is 18.0. The largest absolute Gasteiger partial charge is 0.507 e. The third-order valence-corrected chi connectivity index (χ3v) is 10.4. The zero-order valence-corrected chi connectivity index (χ0v) is 28.1. The van der Waals surface area contributed by atoms with Gasteiger partial charge in [-0.2, -0.15) is 0 Å². The van der Waals surface area contributed by atoms with Crippen LogP contribution in [0, 0.1) is 5.82 Å².